The summed E-state index contributed by atoms with van der Waals surface area (Å²) in [5.41, 5.74) is 12.9. The first-order valence-corrected chi connectivity index (χ1v) is 5.30. The van der Waals surface area contributed by atoms with Gasteiger partial charge in [-0.2, -0.15) is 15.2 Å². The molecule has 0 bridgehead atoms. The summed E-state index contributed by atoms with van der Waals surface area (Å²) in [6, 6.07) is 11.2. The molecule has 0 radical (unpaired) electrons. The van der Waals surface area contributed by atoms with Crippen molar-refractivity contribution in [3.05, 3.63) is 35.9 Å². The molecule has 6 nitrogen and oxygen atoms in total. The van der Waals surface area contributed by atoms with Gasteiger partial charge in [-0.25, -0.2) is 0 Å². The molecule has 2 rings (SSSR count). The smallest absolute Gasteiger partial charge is 0.223 e. The van der Waals surface area contributed by atoms with E-state index in [9.17, 15) is 0 Å². The number of anilines is 4. The van der Waals surface area contributed by atoms with Crippen molar-refractivity contribution in [3.63, 3.8) is 0 Å². The van der Waals surface area contributed by atoms with Gasteiger partial charge in [0.1, 0.15) is 11.6 Å². The van der Waals surface area contributed by atoms with E-state index in [1.54, 1.807) is 6.07 Å². The van der Waals surface area contributed by atoms with Crippen LogP contribution in [-0.2, 0) is 6.42 Å². The Bertz CT molecular complexity index is 564. The minimum atomic E-state index is 0.124. The van der Waals surface area contributed by atoms with Gasteiger partial charge in [-0.05, 0) is 17.7 Å². The summed E-state index contributed by atoms with van der Waals surface area (Å²) < 4.78 is 0. The van der Waals surface area contributed by atoms with Gasteiger partial charge in [0.25, 0.3) is 0 Å². The summed E-state index contributed by atoms with van der Waals surface area (Å²) >= 11 is 0. The lowest BCUT2D eigenvalue weighted by Crippen LogP contribution is -2.02. The summed E-state index contributed by atoms with van der Waals surface area (Å²) in [5.74, 6) is 0.970. The van der Waals surface area contributed by atoms with Gasteiger partial charge in [0, 0.05) is 11.8 Å². The zero-order chi connectivity index (χ0) is 13.0. The standard InChI is InChI=1S/C12H12N6/c13-6-5-8-1-3-9(4-2-8)16-11-7-10(14)17-12(15)18-11/h1-4,7H,5H2,(H5,14,15,16,17,18). The van der Waals surface area contributed by atoms with Crippen molar-refractivity contribution < 1.29 is 0 Å². The lowest BCUT2D eigenvalue weighted by molar-refractivity contribution is 1.19. The first-order valence-electron chi connectivity index (χ1n) is 5.30. The molecule has 1 aromatic carbocycles. The summed E-state index contributed by atoms with van der Waals surface area (Å²) in [7, 11) is 0. The minimum absolute atomic E-state index is 0.124. The fourth-order valence-electron chi connectivity index (χ4n) is 1.49. The number of nitrogens with zero attached hydrogens (tertiary/aromatic N) is 3. The van der Waals surface area contributed by atoms with Gasteiger partial charge in [-0.1, -0.05) is 12.1 Å². The van der Waals surface area contributed by atoms with Crippen molar-refractivity contribution in [2.45, 2.75) is 6.42 Å². The Kier molecular flexibility index (Phi) is 3.25. The third kappa shape index (κ3) is 2.86. The van der Waals surface area contributed by atoms with Crippen molar-refractivity contribution >= 4 is 23.3 Å². The number of rotatable bonds is 3. The zero-order valence-corrected chi connectivity index (χ0v) is 9.59. The Balaban J connectivity index is 2.16. The molecule has 1 heterocycles. The van der Waals surface area contributed by atoms with Crippen LogP contribution in [0.2, 0.25) is 0 Å². The van der Waals surface area contributed by atoms with Crippen LogP contribution in [0.15, 0.2) is 30.3 Å². The number of hydrogen-bond acceptors (Lipinski definition) is 6. The maximum Gasteiger partial charge on any atom is 0.223 e. The summed E-state index contributed by atoms with van der Waals surface area (Å²) in [4.78, 5) is 7.79. The molecule has 0 saturated heterocycles. The molecular formula is C12H12N6. The van der Waals surface area contributed by atoms with E-state index in [-0.39, 0.29) is 5.95 Å². The number of benzene rings is 1. The monoisotopic (exact) mass is 240 g/mol. The number of nitrogens with two attached hydrogens (primary N) is 2. The molecule has 0 aliphatic carbocycles. The lowest BCUT2D eigenvalue weighted by atomic mass is 10.1. The van der Waals surface area contributed by atoms with Crippen LogP contribution in [0, 0.1) is 11.3 Å². The maximum atomic E-state index is 8.57. The van der Waals surface area contributed by atoms with E-state index in [2.05, 4.69) is 21.4 Å². The van der Waals surface area contributed by atoms with Crippen LogP contribution in [-0.4, -0.2) is 9.97 Å². The Morgan fingerprint density at radius 3 is 2.50 bits per heavy atom. The van der Waals surface area contributed by atoms with E-state index in [1.165, 1.54) is 0 Å². The van der Waals surface area contributed by atoms with Gasteiger partial charge in [-0.3, -0.25) is 0 Å². The summed E-state index contributed by atoms with van der Waals surface area (Å²) in [5, 5.41) is 11.6. The Morgan fingerprint density at radius 2 is 1.89 bits per heavy atom. The highest BCUT2D eigenvalue weighted by Gasteiger charge is 2.00. The van der Waals surface area contributed by atoms with Crippen molar-refractivity contribution in [1.29, 1.82) is 5.26 Å². The van der Waals surface area contributed by atoms with Gasteiger partial charge in [0.2, 0.25) is 5.95 Å². The van der Waals surface area contributed by atoms with Crippen molar-refractivity contribution in [2.24, 2.45) is 0 Å². The van der Waals surface area contributed by atoms with Crippen LogP contribution in [0.4, 0.5) is 23.3 Å². The molecular weight excluding hydrogens is 228 g/mol. The summed E-state index contributed by atoms with van der Waals surface area (Å²) in [6.07, 6.45) is 0.397. The van der Waals surface area contributed by atoms with Crippen molar-refractivity contribution in [1.82, 2.24) is 9.97 Å². The quantitative estimate of drug-likeness (QED) is 0.748. The second kappa shape index (κ2) is 5.01. The highest BCUT2D eigenvalue weighted by molar-refractivity contribution is 5.60. The molecule has 18 heavy (non-hydrogen) atoms. The molecule has 0 saturated carbocycles. The van der Waals surface area contributed by atoms with Gasteiger partial charge in [0.05, 0.1) is 12.5 Å². The van der Waals surface area contributed by atoms with Gasteiger partial charge >= 0.3 is 0 Å². The first-order chi connectivity index (χ1) is 8.67. The maximum absolute atomic E-state index is 8.57. The van der Waals surface area contributed by atoms with Crippen molar-refractivity contribution in [2.75, 3.05) is 16.8 Å². The predicted molar refractivity (Wildman–Crippen MR) is 69.9 cm³/mol. The molecule has 0 aliphatic heterocycles. The normalized spacial score (nSPS) is 9.72. The zero-order valence-electron chi connectivity index (χ0n) is 9.59. The molecule has 5 N–H and O–H groups in total. The Morgan fingerprint density at radius 1 is 1.17 bits per heavy atom. The molecule has 0 fully saturated rings. The van der Waals surface area contributed by atoms with Crippen LogP contribution in [0.25, 0.3) is 0 Å². The average molecular weight is 240 g/mol. The molecule has 2 aromatic rings. The van der Waals surface area contributed by atoms with E-state index in [4.69, 9.17) is 16.7 Å². The fourth-order valence-corrected chi connectivity index (χ4v) is 1.49. The number of nitriles is 1. The van der Waals surface area contributed by atoms with Crippen LogP contribution in [0.5, 0.6) is 0 Å². The third-order valence-corrected chi connectivity index (χ3v) is 2.27. The van der Waals surface area contributed by atoms with Crippen LogP contribution in [0.3, 0.4) is 0 Å². The second-order valence-corrected chi connectivity index (χ2v) is 3.69. The van der Waals surface area contributed by atoms with E-state index < -0.39 is 0 Å². The fraction of sp³-hybridized carbons (Fsp3) is 0.0833. The van der Waals surface area contributed by atoms with Crippen LogP contribution in [0.1, 0.15) is 5.56 Å². The number of nitrogen functional groups attached to an aromatic ring is 2. The second-order valence-electron chi connectivity index (χ2n) is 3.69. The van der Waals surface area contributed by atoms with Gasteiger partial charge < -0.3 is 16.8 Å². The Labute approximate surface area is 104 Å². The molecule has 0 aliphatic rings. The predicted octanol–water partition coefficient (Wildman–Crippen LogP) is 1.45. The topological polar surface area (TPSA) is 114 Å². The van der Waals surface area contributed by atoms with Gasteiger partial charge in [-0.15, -0.1) is 0 Å². The molecule has 0 spiro atoms. The largest absolute Gasteiger partial charge is 0.383 e. The first kappa shape index (κ1) is 11.7. The van der Waals surface area contributed by atoms with Crippen molar-refractivity contribution in [3.8, 4) is 6.07 Å². The number of nitrogens with one attached hydrogen (secondary N) is 1. The Hall–Kier alpha value is -2.81. The van der Waals surface area contributed by atoms with E-state index >= 15 is 0 Å². The highest BCUT2D eigenvalue weighted by Crippen LogP contribution is 2.17. The SMILES string of the molecule is N#CCc1ccc(Nc2cc(N)nc(N)n2)cc1. The van der Waals surface area contributed by atoms with Crippen LogP contribution >= 0.6 is 0 Å². The third-order valence-electron chi connectivity index (χ3n) is 2.27. The van der Waals surface area contributed by atoms with Gasteiger partial charge in [0.15, 0.2) is 0 Å². The molecule has 6 heteroatoms. The molecule has 0 atom stereocenters. The number of hydrogen-bond donors (Lipinski definition) is 3. The van der Waals surface area contributed by atoms with E-state index in [1.807, 2.05) is 24.3 Å². The number of aromatic nitrogens is 2. The minimum Gasteiger partial charge on any atom is -0.383 e. The molecule has 0 amide bonds. The van der Waals surface area contributed by atoms with E-state index in [0.717, 1.165) is 11.3 Å². The summed E-state index contributed by atoms with van der Waals surface area (Å²) in [6.45, 7) is 0. The van der Waals surface area contributed by atoms with E-state index in [0.29, 0.717) is 18.1 Å². The lowest BCUT2D eigenvalue weighted by Gasteiger charge is -2.07. The highest BCUT2D eigenvalue weighted by atomic mass is 15.1. The average Bonchev–Trinajstić information content (AvgIpc) is 2.31. The molecule has 1 aromatic heterocycles. The molecule has 0 unspecified atom stereocenters. The van der Waals surface area contributed by atoms with Crippen LogP contribution < -0.4 is 16.8 Å². The molecule has 90 valence electrons.